The zero-order valence-corrected chi connectivity index (χ0v) is 39.0. The second-order valence-corrected chi connectivity index (χ2v) is 18.8. The Morgan fingerprint density at radius 3 is 2.31 bits per heavy atom. The number of Topliss-reactive ketones (excluding diaryl/α,β-unsaturated/α-hetero) is 1. The number of nitrogens with one attached hydrogen (secondary N) is 3. The minimum absolute atomic E-state index is 0.0314. The molecule has 3 unspecified atom stereocenters. The lowest BCUT2D eigenvalue weighted by atomic mass is 9.84. The fourth-order valence-electron chi connectivity index (χ4n) is 8.83. The number of amides is 2. The first kappa shape index (κ1) is 45.9. The normalized spacial score (nSPS) is 19.1. The molecule has 0 radical (unpaired) electrons. The van der Waals surface area contributed by atoms with Crippen LogP contribution in [0.1, 0.15) is 76.5 Å². The van der Waals surface area contributed by atoms with Gasteiger partial charge in [-0.3, -0.25) is 14.4 Å². The molecule has 6 aromatic rings. The number of methoxy groups -OCH3 is 2. The zero-order valence-electron chi connectivity index (χ0n) is 37.4. The number of imidazole rings is 2. The van der Waals surface area contributed by atoms with Crippen molar-refractivity contribution in [3.05, 3.63) is 83.2 Å². The van der Waals surface area contributed by atoms with Crippen LogP contribution in [0.4, 0.5) is 4.79 Å². The first-order chi connectivity index (χ1) is 31.6. The second-order valence-electron chi connectivity index (χ2n) is 17.1. The van der Waals surface area contributed by atoms with E-state index >= 15 is 0 Å². The average Bonchev–Trinajstić information content (AvgIpc) is 4.18. The van der Waals surface area contributed by atoms with Gasteiger partial charge < -0.3 is 39.1 Å². The van der Waals surface area contributed by atoms with Crippen molar-refractivity contribution in [3.8, 4) is 33.5 Å². The monoisotopic (exact) mass is 920 g/mol. The predicted octanol–water partition coefficient (Wildman–Crippen LogP) is 9.46. The van der Waals surface area contributed by atoms with Gasteiger partial charge in [0.2, 0.25) is 5.91 Å². The summed E-state index contributed by atoms with van der Waals surface area (Å²) in [5.74, 6) is 0.133. The van der Waals surface area contributed by atoms with Crippen molar-refractivity contribution >= 4 is 66.9 Å². The van der Waals surface area contributed by atoms with E-state index in [0.717, 1.165) is 51.2 Å². The molecule has 1 saturated heterocycles. The number of carbonyl (C=O) groups excluding carboxylic acids is 4. The van der Waals surface area contributed by atoms with E-state index in [4.69, 9.17) is 28.9 Å². The predicted molar refractivity (Wildman–Crippen MR) is 253 cm³/mol. The quantitative estimate of drug-likeness (QED) is 0.0704. The Kier molecular flexibility index (Phi) is 14.6. The lowest BCUT2D eigenvalue weighted by Gasteiger charge is -2.29. The molecule has 1 fully saturated rings. The van der Waals surface area contributed by atoms with E-state index in [1.165, 1.54) is 29.2 Å². The summed E-state index contributed by atoms with van der Waals surface area (Å²) in [5, 5.41) is 7.13. The highest BCUT2D eigenvalue weighted by Gasteiger charge is 2.36. The van der Waals surface area contributed by atoms with Crippen LogP contribution in [0.15, 0.2) is 71.6 Å². The molecule has 2 aromatic carbocycles. The number of aromatic nitrogens is 4. The molecule has 14 nitrogen and oxygen atoms in total. The summed E-state index contributed by atoms with van der Waals surface area (Å²) in [6, 6.07) is 13.6. The van der Waals surface area contributed by atoms with Gasteiger partial charge in [0.1, 0.15) is 29.5 Å². The van der Waals surface area contributed by atoms with Crippen molar-refractivity contribution in [3.63, 3.8) is 0 Å². The summed E-state index contributed by atoms with van der Waals surface area (Å²) in [7, 11) is 2.64. The van der Waals surface area contributed by atoms with Gasteiger partial charge in [-0.1, -0.05) is 69.7 Å². The van der Waals surface area contributed by atoms with Crippen LogP contribution in [0.5, 0.6) is 0 Å². The fraction of sp³-hybridized carbons (Fsp3) is 0.429. The number of fused-ring (bicyclic) bond motifs is 2. The minimum atomic E-state index is -0.731. The molecule has 65 heavy (non-hydrogen) atoms. The number of H-pyrrole nitrogens is 2. The Balaban J connectivity index is 0.952. The maximum Gasteiger partial charge on any atom is 0.407 e. The summed E-state index contributed by atoms with van der Waals surface area (Å²) < 4.78 is 23.9. The number of benzene rings is 2. The number of nitrogens with zero attached hydrogens (tertiary/aromatic N) is 3. The molecule has 16 heteroatoms. The van der Waals surface area contributed by atoms with Crippen molar-refractivity contribution in [2.75, 3.05) is 47.2 Å². The summed E-state index contributed by atoms with van der Waals surface area (Å²) >= 11 is 3.46. The molecule has 5 atom stereocenters. The van der Waals surface area contributed by atoms with Gasteiger partial charge in [0.25, 0.3) is 0 Å². The van der Waals surface area contributed by atoms with E-state index in [-0.39, 0.29) is 47.8 Å². The lowest BCUT2D eigenvalue weighted by molar-refractivity contribution is -0.145. The van der Waals surface area contributed by atoms with Crippen molar-refractivity contribution in [1.29, 1.82) is 0 Å². The minimum Gasteiger partial charge on any atom is -0.469 e. The van der Waals surface area contributed by atoms with E-state index in [9.17, 15) is 19.2 Å². The van der Waals surface area contributed by atoms with Gasteiger partial charge in [-0.2, -0.15) is 0 Å². The smallest absolute Gasteiger partial charge is 0.407 e. The van der Waals surface area contributed by atoms with Crippen LogP contribution in [0, 0.1) is 17.8 Å². The molecule has 2 aliphatic rings. The largest absolute Gasteiger partial charge is 0.469 e. The summed E-state index contributed by atoms with van der Waals surface area (Å²) in [4.78, 5) is 70.0. The van der Waals surface area contributed by atoms with Crippen molar-refractivity contribution in [1.82, 2.24) is 30.2 Å². The molecule has 3 N–H and O–H groups in total. The third kappa shape index (κ3) is 10.1. The molecule has 4 aromatic heterocycles. The van der Waals surface area contributed by atoms with Crippen LogP contribution in [-0.4, -0.2) is 102 Å². The summed E-state index contributed by atoms with van der Waals surface area (Å²) in [5.41, 5.74) is 8.14. The van der Waals surface area contributed by atoms with Crippen molar-refractivity contribution < 1.29 is 38.1 Å². The van der Waals surface area contributed by atoms with Crippen LogP contribution in [0.25, 0.3) is 53.9 Å². The Labute approximate surface area is 386 Å². The molecule has 2 amide bonds. The van der Waals surface area contributed by atoms with Gasteiger partial charge >= 0.3 is 12.1 Å². The number of ketones is 1. The Morgan fingerprint density at radius 2 is 1.60 bits per heavy atom. The van der Waals surface area contributed by atoms with Gasteiger partial charge in [0.05, 0.1) is 79.4 Å². The van der Waals surface area contributed by atoms with E-state index in [1.54, 1.807) is 27.6 Å². The van der Waals surface area contributed by atoms with Crippen LogP contribution in [0.3, 0.4) is 0 Å². The topological polar surface area (TPSA) is 178 Å². The number of thiophene rings is 2. The van der Waals surface area contributed by atoms with E-state index in [0.29, 0.717) is 58.1 Å². The molecule has 0 spiro atoms. The van der Waals surface area contributed by atoms with E-state index in [2.05, 4.69) is 62.4 Å². The first-order valence-electron chi connectivity index (χ1n) is 22.3. The highest BCUT2D eigenvalue weighted by molar-refractivity contribution is 7.27. The molecule has 2 aliphatic heterocycles. The van der Waals surface area contributed by atoms with Crippen LogP contribution >= 0.6 is 22.7 Å². The summed E-state index contributed by atoms with van der Waals surface area (Å²) in [6.07, 6.45) is 7.97. The lowest BCUT2D eigenvalue weighted by Crippen LogP contribution is -2.51. The maximum absolute atomic E-state index is 13.7. The number of hydrogen-bond acceptors (Lipinski definition) is 12. The molecule has 6 heterocycles. The maximum atomic E-state index is 13.7. The first-order valence-corrected chi connectivity index (χ1v) is 24.0. The molecular formula is C49H56N6O8S2. The van der Waals surface area contributed by atoms with E-state index in [1.807, 2.05) is 45.2 Å². The number of aromatic amines is 2. The number of carbonyl (C=O) groups is 4. The van der Waals surface area contributed by atoms with Crippen molar-refractivity contribution in [2.45, 2.75) is 70.9 Å². The average molecular weight is 921 g/mol. The Hall–Kier alpha value is -5.68. The van der Waals surface area contributed by atoms with Gasteiger partial charge in [-0.05, 0) is 54.0 Å². The number of hydrogen-bond donors (Lipinski definition) is 3. The number of esters is 1. The molecule has 0 bridgehead atoms. The van der Waals surface area contributed by atoms with Crippen LogP contribution in [-0.2, 0) is 33.3 Å². The standard InChI is InChI=1S/C49H56N6O8S2/c1-6-8-32(22-41(56)60-4)43(57)33-14-15-34(25-63-20-19-62-24-33)46-50-23-39(53-46)30-12-10-29(11-13-30)35-26-64-45-36(27-65-44(35)45)31-16-17-37-38(21-31)52-47(51-37)40-9-7-18-55(40)48(58)42(28(2)3)54-49(59)61-5/h7,9-13,16-17,21,23,26-28,32-34,40,42H,6,8,14-15,18-20,22,24-25H2,1-5H3,(H,50,53)(H,51,52)(H,54,59)/t32-,33?,34?,40?,42-/m0/s1. The third-order valence-electron chi connectivity index (χ3n) is 12.5. The van der Waals surface area contributed by atoms with Crippen molar-refractivity contribution in [2.24, 2.45) is 17.8 Å². The molecule has 0 saturated carbocycles. The van der Waals surface area contributed by atoms with E-state index < -0.39 is 18.2 Å². The second kappa shape index (κ2) is 20.7. The number of ether oxygens (including phenoxy) is 4. The van der Waals surface area contributed by atoms with Gasteiger partial charge in [0.15, 0.2) is 0 Å². The van der Waals surface area contributed by atoms with Crippen LogP contribution in [0.2, 0.25) is 0 Å². The summed E-state index contributed by atoms with van der Waals surface area (Å²) in [6.45, 7) is 7.81. The SMILES string of the molecule is CCC[C@@H](CC(=O)OC)C(=O)C1CCC(c2ncc(-c3ccc(-c4csc5c(-c6ccc7nc(C8C=CCN8C(=O)[C@@H](NC(=O)OC)C(C)C)[nH]c7c6)csc45)cc3)[nH]2)COCCOC1. The van der Waals surface area contributed by atoms with Gasteiger partial charge in [0, 0.05) is 46.2 Å². The van der Waals surface area contributed by atoms with Gasteiger partial charge in [-0.25, -0.2) is 14.8 Å². The zero-order chi connectivity index (χ0) is 45.6. The third-order valence-corrected chi connectivity index (χ3v) is 14.6. The van der Waals surface area contributed by atoms with Crippen LogP contribution < -0.4 is 5.32 Å². The highest BCUT2D eigenvalue weighted by Crippen LogP contribution is 2.45. The molecule has 8 rings (SSSR count). The molecule has 0 aliphatic carbocycles. The molecule has 342 valence electrons. The number of alkyl carbamates (subject to hydrolysis) is 1. The molecular weight excluding hydrogens is 865 g/mol. The van der Waals surface area contributed by atoms with Gasteiger partial charge in [-0.15, -0.1) is 22.7 Å². The highest BCUT2D eigenvalue weighted by atomic mass is 32.1. The fourth-order valence-corrected chi connectivity index (χ4v) is 11.3. The number of rotatable bonds is 14. The Morgan fingerprint density at radius 1 is 0.892 bits per heavy atom. The Bertz CT molecular complexity index is 2660.